The Labute approximate surface area is 244 Å². The van der Waals surface area contributed by atoms with Crippen molar-refractivity contribution < 1.29 is 17.9 Å². The summed E-state index contributed by atoms with van der Waals surface area (Å²) < 4.78 is 36.3. The van der Waals surface area contributed by atoms with E-state index in [9.17, 15) is 13.2 Å². The molecule has 4 heterocycles. The summed E-state index contributed by atoms with van der Waals surface area (Å²) in [5.41, 5.74) is 2.43. The van der Waals surface area contributed by atoms with E-state index in [4.69, 9.17) is 16.3 Å². The number of carbonyl (C=O) groups is 1. The highest BCUT2D eigenvalue weighted by atomic mass is 35.5. The molecule has 0 saturated carbocycles. The van der Waals surface area contributed by atoms with Crippen molar-refractivity contribution in [3.8, 4) is 11.5 Å². The molecule has 206 valence electrons. The van der Waals surface area contributed by atoms with Gasteiger partial charge in [0, 0.05) is 41.0 Å². The minimum absolute atomic E-state index is 0.0921. The lowest BCUT2D eigenvalue weighted by Gasteiger charge is -2.09. The number of carbonyl (C=O) groups excluding carboxylic acids is 1. The van der Waals surface area contributed by atoms with E-state index in [1.165, 1.54) is 18.3 Å². The van der Waals surface area contributed by atoms with Gasteiger partial charge in [-0.2, -0.15) is 0 Å². The number of imidazole rings is 1. The number of halogens is 1. The van der Waals surface area contributed by atoms with Crippen molar-refractivity contribution >= 4 is 60.2 Å². The Morgan fingerprint density at radius 3 is 2.52 bits per heavy atom. The number of ether oxygens (including phenoxy) is 1. The van der Waals surface area contributed by atoms with Crippen LogP contribution in [0.25, 0.3) is 32.8 Å². The second-order valence-electron chi connectivity index (χ2n) is 9.55. The number of pyridine rings is 2. The van der Waals surface area contributed by atoms with Crippen LogP contribution in [0.4, 0.5) is 0 Å². The zero-order valence-electron chi connectivity index (χ0n) is 21.8. The molecule has 0 N–H and O–H groups in total. The Morgan fingerprint density at radius 1 is 0.881 bits per heavy atom. The van der Waals surface area contributed by atoms with E-state index in [0.29, 0.717) is 44.0 Å². The molecule has 0 spiro atoms. The van der Waals surface area contributed by atoms with Crippen LogP contribution < -0.4 is 4.74 Å². The highest BCUT2D eigenvalue weighted by Gasteiger charge is 2.25. The number of rotatable bonds is 7. The first-order valence-electron chi connectivity index (χ1n) is 12.8. The maximum Gasteiger partial charge on any atom is 0.268 e. The molecule has 0 atom stereocenters. The number of ketones is 1. The number of hydrogen-bond donors (Lipinski definition) is 0. The van der Waals surface area contributed by atoms with Crippen LogP contribution in [0.5, 0.6) is 11.5 Å². The summed E-state index contributed by atoms with van der Waals surface area (Å²) in [6.45, 7) is -0.0950. The van der Waals surface area contributed by atoms with E-state index >= 15 is 0 Å². The Morgan fingerprint density at radius 2 is 1.71 bits per heavy atom. The molecular weight excluding hydrogens is 574 g/mol. The van der Waals surface area contributed by atoms with Crippen molar-refractivity contribution in [2.24, 2.45) is 0 Å². The number of hydrogen-bond acceptors (Lipinski definition) is 7. The Hall–Kier alpha value is -5.06. The minimum Gasteiger partial charge on any atom is -0.456 e. The van der Waals surface area contributed by atoms with E-state index in [1.54, 1.807) is 90.1 Å². The molecule has 0 fully saturated rings. The van der Waals surface area contributed by atoms with Crippen molar-refractivity contribution in [3.63, 3.8) is 0 Å². The van der Waals surface area contributed by atoms with Gasteiger partial charge in [0.05, 0.1) is 51.1 Å². The van der Waals surface area contributed by atoms with Crippen LogP contribution in [0.3, 0.4) is 0 Å². The van der Waals surface area contributed by atoms with Crippen molar-refractivity contribution in [1.29, 1.82) is 0 Å². The summed E-state index contributed by atoms with van der Waals surface area (Å²) in [4.78, 5) is 27.0. The van der Waals surface area contributed by atoms with Crippen molar-refractivity contribution in [3.05, 3.63) is 121 Å². The van der Waals surface area contributed by atoms with Gasteiger partial charge in [-0.1, -0.05) is 29.8 Å². The van der Waals surface area contributed by atoms with E-state index in [2.05, 4.69) is 15.0 Å². The molecule has 3 aromatic carbocycles. The maximum absolute atomic E-state index is 13.9. The van der Waals surface area contributed by atoms with Crippen LogP contribution in [0.2, 0.25) is 5.02 Å². The molecule has 0 aliphatic rings. The van der Waals surface area contributed by atoms with Crippen molar-refractivity contribution in [2.45, 2.75) is 11.4 Å². The number of aromatic nitrogens is 5. The fourth-order valence-corrected chi connectivity index (χ4v) is 6.66. The van der Waals surface area contributed by atoms with Crippen molar-refractivity contribution in [2.75, 3.05) is 0 Å². The monoisotopic (exact) mass is 593 g/mol. The second kappa shape index (κ2) is 10.1. The topological polar surface area (TPSA) is 109 Å². The molecule has 7 aromatic rings. The third-order valence-electron chi connectivity index (χ3n) is 6.95. The summed E-state index contributed by atoms with van der Waals surface area (Å²) in [7, 11) is -4.05. The second-order valence-corrected chi connectivity index (χ2v) is 11.8. The SMILES string of the molecule is O=C(Cn1cnc2cc(Cl)c3cccnc3c21)c1cn(S(=O)(=O)c2ccccc2)c2cc(Oc3cccnc3)ccc12. The first-order chi connectivity index (χ1) is 20.4. The molecule has 0 saturated heterocycles. The molecule has 0 amide bonds. The predicted molar refractivity (Wildman–Crippen MR) is 160 cm³/mol. The van der Waals surface area contributed by atoms with Crippen LogP contribution in [0.1, 0.15) is 10.4 Å². The lowest BCUT2D eigenvalue weighted by atomic mass is 10.1. The molecule has 0 unspecified atom stereocenters. The standard InChI is InChI=1S/C31H20ClN5O4S/c32-26-15-27-31(30-24(26)9-5-13-34-30)36(19-35-27)18-29(38)25-17-37(42(39,40)22-7-2-1-3-8-22)28-14-20(10-11-23(25)28)41-21-6-4-12-33-16-21/h1-17,19H,18H2. The molecule has 0 bridgehead atoms. The smallest absolute Gasteiger partial charge is 0.268 e. The number of benzene rings is 3. The van der Waals surface area contributed by atoms with Crippen LogP contribution in [0.15, 0.2) is 115 Å². The summed E-state index contributed by atoms with van der Waals surface area (Å²) in [6.07, 6.45) is 7.77. The normalized spacial score (nSPS) is 11.8. The molecule has 0 aliphatic heterocycles. The quantitative estimate of drug-likeness (QED) is 0.194. The number of Topliss-reactive ketones (excluding diaryl/α,β-unsaturated/α-hetero) is 1. The molecule has 7 rings (SSSR count). The minimum atomic E-state index is -4.05. The Bertz CT molecular complexity index is 2250. The largest absolute Gasteiger partial charge is 0.456 e. The van der Waals surface area contributed by atoms with Crippen molar-refractivity contribution in [1.82, 2.24) is 23.5 Å². The van der Waals surface area contributed by atoms with Gasteiger partial charge in [-0.25, -0.2) is 17.4 Å². The molecule has 4 aromatic heterocycles. The number of fused-ring (bicyclic) bond motifs is 4. The molecule has 11 heteroatoms. The third kappa shape index (κ3) is 4.37. The predicted octanol–water partition coefficient (Wildman–Crippen LogP) is 6.50. The zero-order valence-corrected chi connectivity index (χ0v) is 23.3. The van der Waals surface area contributed by atoms with Crippen LogP contribution in [-0.2, 0) is 16.6 Å². The Kier molecular flexibility index (Phi) is 6.22. The van der Waals surface area contributed by atoms with Gasteiger partial charge in [-0.15, -0.1) is 0 Å². The first-order valence-corrected chi connectivity index (χ1v) is 14.7. The van der Waals surface area contributed by atoms with Gasteiger partial charge in [-0.05, 0) is 54.6 Å². The van der Waals surface area contributed by atoms with E-state index in [1.807, 2.05) is 6.07 Å². The highest BCUT2D eigenvalue weighted by molar-refractivity contribution is 7.90. The summed E-state index contributed by atoms with van der Waals surface area (Å²) >= 11 is 6.44. The highest BCUT2D eigenvalue weighted by Crippen LogP contribution is 2.33. The van der Waals surface area contributed by atoms with Gasteiger partial charge in [0.2, 0.25) is 0 Å². The van der Waals surface area contributed by atoms with Crippen LogP contribution in [0, 0.1) is 0 Å². The molecule has 9 nitrogen and oxygen atoms in total. The maximum atomic E-state index is 13.9. The van der Waals surface area contributed by atoms with Crippen LogP contribution in [-0.4, -0.2) is 37.7 Å². The van der Waals surface area contributed by atoms with E-state index in [0.717, 1.165) is 9.36 Å². The number of nitrogens with zero attached hydrogens (tertiary/aromatic N) is 5. The van der Waals surface area contributed by atoms with Gasteiger partial charge < -0.3 is 9.30 Å². The van der Waals surface area contributed by atoms with Gasteiger partial charge >= 0.3 is 0 Å². The van der Waals surface area contributed by atoms with Gasteiger partial charge in [0.1, 0.15) is 11.5 Å². The summed E-state index contributed by atoms with van der Waals surface area (Å²) in [6, 6.07) is 21.9. The van der Waals surface area contributed by atoms with Gasteiger partial charge in [-0.3, -0.25) is 14.8 Å². The van der Waals surface area contributed by atoms with Crippen LogP contribution >= 0.6 is 11.6 Å². The summed E-state index contributed by atoms with van der Waals surface area (Å²) in [5.74, 6) is 0.582. The summed E-state index contributed by atoms with van der Waals surface area (Å²) in [5, 5.41) is 1.72. The van der Waals surface area contributed by atoms with E-state index < -0.39 is 10.0 Å². The molecule has 42 heavy (non-hydrogen) atoms. The molecular formula is C31H20ClN5O4S. The first kappa shape index (κ1) is 25.9. The zero-order chi connectivity index (χ0) is 28.8. The fourth-order valence-electron chi connectivity index (χ4n) is 5.02. The molecule has 0 aliphatic carbocycles. The van der Waals surface area contributed by atoms with E-state index in [-0.39, 0.29) is 22.8 Å². The fraction of sp³-hybridized carbons (Fsp3) is 0.0323. The lowest BCUT2D eigenvalue weighted by molar-refractivity contribution is 0.0975. The molecule has 0 radical (unpaired) electrons. The van der Waals surface area contributed by atoms with Gasteiger partial charge in [0.25, 0.3) is 10.0 Å². The average molecular weight is 594 g/mol. The average Bonchev–Trinajstić information content (AvgIpc) is 3.60. The van der Waals surface area contributed by atoms with Gasteiger partial charge in [0.15, 0.2) is 5.78 Å². The Balaban J connectivity index is 1.35. The third-order valence-corrected chi connectivity index (χ3v) is 8.95. The lowest BCUT2D eigenvalue weighted by Crippen LogP contribution is -2.13.